The molecular formula is C18H17ClN4OS. The lowest BCUT2D eigenvalue weighted by Crippen LogP contribution is -2.14. The van der Waals surface area contributed by atoms with E-state index >= 15 is 0 Å². The number of halogens is 1. The predicted molar refractivity (Wildman–Crippen MR) is 102 cm³/mol. The van der Waals surface area contributed by atoms with Gasteiger partial charge >= 0.3 is 0 Å². The second-order valence-corrected chi connectivity index (χ2v) is 6.99. The highest BCUT2D eigenvalue weighted by molar-refractivity contribution is 7.99. The highest BCUT2D eigenvalue weighted by Gasteiger charge is 2.09. The van der Waals surface area contributed by atoms with Gasteiger partial charge in [-0.3, -0.25) is 9.89 Å². The lowest BCUT2D eigenvalue weighted by Gasteiger charge is -2.06. The van der Waals surface area contributed by atoms with E-state index in [4.69, 9.17) is 11.6 Å². The number of thioether (sulfide) groups is 1. The number of carbonyl (C=O) groups is 1. The minimum atomic E-state index is -0.0916. The van der Waals surface area contributed by atoms with Crippen LogP contribution in [-0.2, 0) is 4.79 Å². The highest BCUT2D eigenvalue weighted by Crippen LogP contribution is 2.21. The second-order valence-electron chi connectivity index (χ2n) is 5.61. The average Bonchev–Trinajstić information content (AvgIpc) is 3.06. The third-order valence-corrected chi connectivity index (χ3v) is 4.80. The van der Waals surface area contributed by atoms with E-state index in [1.165, 1.54) is 17.3 Å². The number of aromatic nitrogens is 3. The standard InChI is InChI=1S/C18H17ClN4OS/c1-11-3-8-15(9-12(11)2)20-16(24)10-25-18-21-17(22-23-18)13-4-6-14(19)7-5-13/h3-9H,10H2,1-2H3,(H,20,24)(H,21,22,23). The molecule has 0 saturated carbocycles. The number of benzene rings is 2. The van der Waals surface area contributed by atoms with E-state index in [-0.39, 0.29) is 11.7 Å². The van der Waals surface area contributed by atoms with Gasteiger partial charge in [0.15, 0.2) is 5.82 Å². The molecule has 0 saturated heterocycles. The number of hydrogen-bond acceptors (Lipinski definition) is 4. The average molecular weight is 373 g/mol. The van der Waals surface area contributed by atoms with Crippen LogP contribution in [0.4, 0.5) is 5.69 Å². The molecule has 0 aliphatic rings. The van der Waals surface area contributed by atoms with Crippen molar-refractivity contribution in [3.05, 3.63) is 58.6 Å². The van der Waals surface area contributed by atoms with Gasteiger partial charge in [0, 0.05) is 16.3 Å². The summed E-state index contributed by atoms with van der Waals surface area (Å²) >= 11 is 7.16. The molecule has 0 radical (unpaired) electrons. The van der Waals surface area contributed by atoms with Crippen molar-refractivity contribution in [3.63, 3.8) is 0 Å². The van der Waals surface area contributed by atoms with E-state index in [1.807, 2.05) is 44.2 Å². The molecular weight excluding hydrogens is 356 g/mol. The van der Waals surface area contributed by atoms with Gasteiger partial charge in [0.25, 0.3) is 0 Å². The number of nitrogens with zero attached hydrogens (tertiary/aromatic N) is 2. The number of H-pyrrole nitrogens is 1. The summed E-state index contributed by atoms with van der Waals surface area (Å²) in [5.74, 6) is 0.796. The number of amides is 1. The Bertz CT molecular complexity index is 892. The van der Waals surface area contributed by atoms with Crippen LogP contribution < -0.4 is 5.32 Å². The normalized spacial score (nSPS) is 10.7. The predicted octanol–water partition coefficient (Wildman–Crippen LogP) is 4.47. The molecule has 0 fully saturated rings. The summed E-state index contributed by atoms with van der Waals surface area (Å²) < 4.78 is 0. The number of carbonyl (C=O) groups excluding carboxylic acids is 1. The van der Waals surface area contributed by atoms with Crippen LogP contribution >= 0.6 is 23.4 Å². The van der Waals surface area contributed by atoms with Gasteiger partial charge in [0.2, 0.25) is 11.1 Å². The molecule has 2 N–H and O–H groups in total. The van der Waals surface area contributed by atoms with Gasteiger partial charge < -0.3 is 5.32 Å². The Labute approximate surface area is 155 Å². The molecule has 3 rings (SSSR count). The van der Waals surface area contributed by atoms with Crippen LogP contribution in [0.25, 0.3) is 11.4 Å². The lowest BCUT2D eigenvalue weighted by atomic mass is 10.1. The van der Waals surface area contributed by atoms with Crippen molar-refractivity contribution in [2.24, 2.45) is 0 Å². The first-order chi connectivity index (χ1) is 12.0. The maximum Gasteiger partial charge on any atom is 0.234 e. The topological polar surface area (TPSA) is 70.7 Å². The van der Waals surface area contributed by atoms with Crippen molar-refractivity contribution >= 4 is 35.0 Å². The third kappa shape index (κ3) is 4.61. The van der Waals surface area contributed by atoms with Crippen LogP contribution in [-0.4, -0.2) is 26.8 Å². The molecule has 7 heteroatoms. The second kappa shape index (κ2) is 7.72. The molecule has 25 heavy (non-hydrogen) atoms. The van der Waals surface area contributed by atoms with Gasteiger partial charge in [-0.2, -0.15) is 0 Å². The number of anilines is 1. The first-order valence-corrected chi connectivity index (χ1v) is 9.06. The minimum Gasteiger partial charge on any atom is -0.325 e. The first-order valence-electron chi connectivity index (χ1n) is 7.69. The Morgan fingerprint density at radius 1 is 1.16 bits per heavy atom. The molecule has 3 aromatic rings. The summed E-state index contributed by atoms with van der Waals surface area (Å²) in [6.07, 6.45) is 0. The van der Waals surface area contributed by atoms with E-state index in [9.17, 15) is 4.79 Å². The SMILES string of the molecule is Cc1ccc(NC(=O)CSc2n[nH]c(-c3ccc(Cl)cc3)n2)cc1C. The minimum absolute atomic E-state index is 0.0916. The van der Waals surface area contributed by atoms with Crippen LogP contribution in [0.5, 0.6) is 0 Å². The van der Waals surface area contributed by atoms with Crippen molar-refractivity contribution in [2.75, 3.05) is 11.1 Å². The first kappa shape index (κ1) is 17.5. The number of hydrogen-bond donors (Lipinski definition) is 2. The van der Waals surface area contributed by atoms with Crippen LogP contribution in [0.1, 0.15) is 11.1 Å². The Morgan fingerprint density at radius 3 is 2.64 bits per heavy atom. The Morgan fingerprint density at radius 2 is 1.92 bits per heavy atom. The van der Waals surface area contributed by atoms with Gasteiger partial charge in [-0.05, 0) is 61.4 Å². The summed E-state index contributed by atoms with van der Waals surface area (Å²) in [7, 11) is 0. The molecule has 1 aromatic heterocycles. The van der Waals surface area contributed by atoms with E-state index in [0.29, 0.717) is 16.0 Å². The van der Waals surface area contributed by atoms with Crippen LogP contribution in [0.2, 0.25) is 5.02 Å². The number of aryl methyl sites for hydroxylation is 2. The molecule has 5 nitrogen and oxygen atoms in total. The molecule has 0 spiro atoms. The molecule has 128 valence electrons. The maximum absolute atomic E-state index is 12.1. The highest BCUT2D eigenvalue weighted by atomic mass is 35.5. The van der Waals surface area contributed by atoms with Crippen LogP contribution in [0.15, 0.2) is 47.6 Å². The molecule has 0 atom stereocenters. The summed E-state index contributed by atoms with van der Waals surface area (Å²) in [6, 6.07) is 13.2. The number of rotatable bonds is 5. The zero-order chi connectivity index (χ0) is 17.8. The Balaban J connectivity index is 1.57. The molecule has 0 aliphatic carbocycles. The van der Waals surface area contributed by atoms with Gasteiger partial charge in [-0.15, -0.1) is 5.10 Å². The van der Waals surface area contributed by atoms with Gasteiger partial charge in [-0.25, -0.2) is 4.98 Å². The van der Waals surface area contributed by atoms with Gasteiger partial charge in [-0.1, -0.05) is 29.4 Å². The van der Waals surface area contributed by atoms with E-state index in [0.717, 1.165) is 16.8 Å². The molecule has 0 unspecified atom stereocenters. The third-order valence-electron chi connectivity index (χ3n) is 3.71. The molecule has 0 bridgehead atoms. The quantitative estimate of drug-likeness (QED) is 0.648. The largest absolute Gasteiger partial charge is 0.325 e. The zero-order valence-corrected chi connectivity index (χ0v) is 15.4. The lowest BCUT2D eigenvalue weighted by molar-refractivity contribution is -0.113. The molecule has 1 heterocycles. The Hall–Kier alpha value is -2.31. The summed E-state index contributed by atoms with van der Waals surface area (Å²) in [6.45, 7) is 4.06. The smallest absolute Gasteiger partial charge is 0.234 e. The molecule has 2 aromatic carbocycles. The Kier molecular flexibility index (Phi) is 5.40. The number of nitrogens with one attached hydrogen (secondary N) is 2. The summed E-state index contributed by atoms with van der Waals surface area (Å²) in [4.78, 5) is 16.5. The zero-order valence-electron chi connectivity index (χ0n) is 13.8. The van der Waals surface area contributed by atoms with Crippen LogP contribution in [0, 0.1) is 13.8 Å². The molecule has 1 amide bonds. The monoisotopic (exact) mass is 372 g/mol. The maximum atomic E-state index is 12.1. The van der Waals surface area contributed by atoms with Gasteiger partial charge in [0.1, 0.15) is 0 Å². The van der Waals surface area contributed by atoms with E-state index in [1.54, 1.807) is 12.1 Å². The van der Waals surface area contributed by atoms with Crippen molar-refractivity contribution in [2.45, 2.75) is 19.0 Å². The van der Waals surface area contributed by atoms with Crippen LogP contribution in [0.3, 0.4) is 0 Å². The fourth-order valence-electron chi connectivity index (χ4n) is 2.19. The summed E-state index contributed by atoms with van der Waals surface area (Å²) in [5, 5.41) is 11.1. The van der Waals surface area contributed by atoms with Gasteiger partial charge in [0.05, 0.1) is 5.75 Å². The van der Waals surface area contributed by atoms with E-state index in [2.05, 4.69) is 20.5 Å². The van der Waals surface area contributed by atoms with Crippen molar-refractivity contribution in [3.8, 4) is 11.4 Å². The molecule has 0 aliphatic heterocycles. The fraction of sp³-hybridized carbons (Fsp3) is 0.167. The van der Waals surface area contributed by atoms with Crippen molar-refractivity contribution in [1.82, 2.24) is 15.2 Å². The fourth-order valence-corrected chi connectivity index (χ4v) is 2.92. The summed E-state index contributed by atoms with van der Waals surface area (Å²) in [5.41, 5.74) is 4.03. The number of aromatic amines is 1. The van der Waals surface area contributed by atoms with E-state index < -0.39 is 0 Å². The van der Waals surface area contributed by atoms with Crippen molar-refractivity contribution < 1.29 is 4.79 Å². The van der Waals surface area contributed by atoms with Crippen molar-refractivity contribution in [1.29, 1.82) is 0 Å².